The van der Waals surface area contributed by atoms with Gasteiger partial charge >= 0.3 is 0 Å². The van der Waals surface area contributed by atoms with Crippen LogP contribution in [0.3, 0.4) is 0 Å². The van der Waals surface area contributed by atoms with Gasteiger partial charge in [-0.05, 0) is 68.0 Å². The van der Waals surface area contributed by atoms with Crippen molar-refractivity contribution in [2.24, 2.45) is 0 Å². The summed E-state index contributed by atoms with van der Waals surface area (Å²) in [5.41, 5.74) is 2.60. The van der Waals surface area contributed by atoms with E-state index in [2.05, 4.69) is 31.9 Å². The van der Waals surface area contributed by atoms with Crippen LogP contribution >= 0.6 is 28.1 Å². The molecule has 8 heteroatoms. The van der Waals surface area contributed by atoms with E-state index in [0.29, 0.717) is 29.2 Å². The normalized spacial score (nSPS) is 10.5. The van der Waals surface area contributed by atoms with Gasteiger partial charge < -0.3 is 15.4 Å². The molecule has 2 amide bonds. The second-order valence-electron chi connectivity index (χ2n) is 7.84. The van der Waals surface area contributed by atoms with E-state index in [-0.39, 0.29) is 17.1 Å². The summed E-state index contributed by atoms with van der Waals surface area (Å²) in [6, 6.07) is 22.2. The van der Waals surface area contributed by atoms with E-state index in [4.69, 9.17) is 17.0 Å². The summed E-state index contributed by atoms with van der Waals surface area (Å²) >= 11 is 8.73. The fourth-order valence-electron chi connectivity index (χ4n) is 3.15. The van der Waals surface area contributed by atoms with Crippen LogP contribution in [0.4, 0.5) is 5.69 Å². The van der Waals surface area contributed by atoms with Crippen LogP contribution in [-0.2, 0) is 6.42 Å². The van der Waals surface area contributed by atoms with Gasteiger partial charge in [-0.1, -0.05) is 52.3 Å². The maximum Gasteiger partial charge on any atom is 0.261 e. The lowest BCUT2D eigenvalue weighted by Gasteiger charge is -2.14. The van der Waals surface area contributed by atoms with Gasteiger partial charge in [-0.2, -0.15) is 0 Å². The molecule has 176 valence electrons. The van der Waals surface area contributed by atoms with Gasteiger partial charge in [0.25, 0.3) is 11.8 Å². The maximum absolute atomic E-state index is 12.9. The molecule has 3 N–H and O–H groups in total. The summed E-state index contributed by atoms with van der Waals surface area (Å²) in [5, 5.41) is 8.60. The van der Waals surface area contributed by atoms with Crippen LogP contribution < -0.4 is 20.7 Å². The van der Waals surface area contributed by atoms with Gasteiger partial charge in [0.2, 0.25) is 0 Å². The van der Waals surface area contributed by atoms with Crippen molar-refractivity contribution in [3.8, 4) is 5.75 Å². The number of ether oxygens (including phenoxy) is 1. The van der Waals surface area contributed by atoms with Gasteiger partial charge in [0.15, 0.2) is 5.11 Å². The Labute approximate surface area is 213 Å². The molecule has 34 heavy (non-hydrogen) atoms. The Morgan fingerprint density at radius 1 is 0.971 bits per heavy atom. The van der Waals surface area contributed by atoms with Crippen LogP contribution in [0.1, 0.15) is 40.1 Å². The Hall–Kier alpha value is -3.23. The van der Waals surface area contributed by atoms with E-state index >= 15 is 0 Å². The summed E-state index contributed by atoms with van der Waals surface area (Å²) in [6.45, 7) is 4.22. The molecule has 0 atom stereocenters. The molecular weight excluding hydrogens is 514 g/mol. The van der Waals surface area contributed by atoms with Crippen LogP contribution in [0.15, 0.2) is 77.3 Å². The van der Waals surface area contributed by atoms with E-state index < -0.39 is 5.91 Å². The first-order valence-electron chi connectivity index (χ1n) is 10.8. The minimum Gasteiger partial charge on any atom is -0.492 e. The first kappa shape index (κ1) is 25.4. The molecule has 0 saturated heterocycles. The molecule has 0 unspecified atom stereocenters. The van der Waals surface area contributed by atoms with Crippen LogP contribution in [-0.4, -0.2) is 29.6 Å². The zero-order valence-electron chi connectivity index (χ0n) is 18.9. The molecule has 3 aromatic carbocycles. The highest BCUT2D eigenvalue weighted by atomic mass is 79.9. The molecule has 0 saturated carbocycles. The highest BCUT2D eigenvalue weighted by Gasteiger charge is 2.15. The molecule has 0 aliphatic rings. The van der Waals surface area contributed by atoms with Crippen molar-refractivity contribution in [3.63, 3.8) is 0 Å². The van der Waals surface area contributed by atoms with Crippen LogP contribution in [0.5, 0.6) is 5.75 Å². The molecule has 6 nitrogen and oxygen atoms in total. The second kappa shape index (κ2) is 12.3. The SMILES string of the molecule is CC(C)NC(=O)c1cccc(NC(=S)NC(=O)c2cc(Br)ccc2OCCc2ccccc2)c1. The second-order valence-corrected chi connectivity index (χ2v) is 9.17. The maximum atomic E-state index is 12.9. The summed E-state index contributed by atoms with van der Waals surface area (Å²) in [6.07, 6.45) is 0.721. The molecule has 0 spiro atoms. The fourth-order valence-corrected chi connectivity index (χ4v) is 3.72. The Balaban J connectivity index is 1.63. The van der Waals surface area contributed by atoms with Gasteiger partial charge in [-0.15, -0.1) is 0 Å². The van der Waals surface area contributed by atoms with Crippen molar-refractivity contribution in [2.75, 3.05) is 11.9 Å². The number of hydrogen-bond acceptors (Lipinski definition) is 4. The first-order valence-corrected chi connectivity index (χ1v) is 12.0. The molecule has 0 heterocycles. The molecule has 0 radical (unpaired) electrons. The van der Waals surface area contributed by atoms with Crippen molar-refractivity contribution < 1.29 is 14.3 Å². The molecular formula is C26H26BrN3O3S. The number of rotatable bonds is 8. The Bertz CT molecular complexity index is 1170. The zero-order valence-corrected chi connectivity index (χ0v) is 21.3. The molecule has 0 fully saturated rings. The molecule has 0 aromatic heterocycles. The van der Waals surface area contributed by atoms with Crippen molar-refractivity contribution in [1.29, 1.82) is 0 Å². The van der Waals surface area contributed by atoms with E-state index in [9.17, 15) is 9.59 Å². The lowest BCUT2D eigenvalue weighted by Crippen LogP contribution is -2.34. The fraction of sp³-hybridized carbons (Fsp3) is 0.192. The third kappa shape index (κ3) is 7.67. The van der Waals surface area contributed by atoms with Crippen molar-refractivity contribution >= 4 is 50.8 Å². The quantitative estimate of drug-likeness (QED) is 0.337. The van der Waals surface area contributed by atoms with Gasteiger partial charge in [-0.25, -0.2) is 0 Å². The van der Waals surface area contributed by atoms with Crippen molar-refractivity contribution in [2.45, 2.75) is 26.3 Å². The van der Waals surface area contributed by atoms with E-state index in [1.807, 2.05) is 50.2 Å². The Kier molecular flexibility index (Phi) is 9.18. The molecule has 0 bridgehead atoms. The lowest BCUT2D eigenvalue weighted by atomic mass is 10.1. The summed E-state index contributed by atoms with van der Waals surface area (Å²) < 4.78 is 6.65. The molecule has 3 rings (SSSR count). The minimum atomic E-state index is -0.401. The highest BCUT2D eigenvalue weighted by molar-refractivity contribution is 9.10. The number of hydrogen-bond donors (Lipinski definition) is 3. The Morgan fingerprint density at radius 2 is 1.74 bits per heavy atom. The Morgan fingerprint density at radius 3 is 2.47 bits per heavy atom. The lowest BCUT2D eigenvalue weighted by molar-refractivity contribution is 0.0940. The predicted octanol–water partition coefficient (Wildman–Crippen LogP) is 5.34. The van der Waals surface area contributed by atoms with Crippen LogP contribution in [0, 0.1) is 0 Å². The van der Waals surface area contributed by atoms with Crippen LogP contribution in [0.2, 0.25) is 0 Å². The standard InChI is InChI=1S/C26H26BrN3O3S/c1-17(2)28-24(31)19-9-6-10-21(15-19)29-26(34)30-25(32)22-16-20(27)11-12-23(22)33-14-13-18-7-4-3-5-8-18/h3-12,15-17H,13-14H2,1-2H3,(H,28,31)(H2,29,30,32,34). The number of thiocarbonyl (C=S) groups is 1. The average molecular weight is 540 g/mol. The number of benzene rings is 3. The topological polar surface area (TPSA) is 79.5 Å². The number of anilines is 1. The molecule has 0 aliphatic carbocycles. The highest BCUT2D eigenvalue weighted by Crippen LogP contribution is 2.24. The van der Waals surface area contributed by atoms with Gasteiger partial charge in [0.05, 0.1) is 12.2 Å². The summed E-state index contributed by atoms with van der Waals surface area (Å²) in [7, 11) is 0. The largest absolute Gasteiger partial charge is 0.492 e. The monoisotopic (exact) mass is 539 g/mol. The van der Waals surface area contributed by atoms with Crippen LogP contribution in [0.25, 0.3) is 0 Å². The third-order valence-corrected chi connectivity index (χ3v) is 5.40. The number of carbonyl (C=O) groups is 2. The number of nitrogens with one attached hydrogen (secondary N) is 3. The van der Waals surface area contributed by atoms with Crippen molar-refractivity contribution in [1.82, 2.24) is 10.6 Å². The molecule has 0 aliphatic heterocycles. The summed E-state index contributed by atoms with van der Waals surface area (Å²) in [4.78, 5) is 25.2. The van der Waals surface area contributed by atoms with E-state index in [0.717, 1.165) is 16.5 Å². The van der Waals surface area contributed by atoms with E-state index in [1.54, 1.807) is 36.4 Å². The van der Waals surface area contributed by atoms with Gasteiger partial charge in [0, 0.05) is 28.2 Å². The number of amides is 2. The minimum absolute atomic E-state index is 0.0267. The zero-order chi connectivity index (χ0) is 24.5. The first-order chi connectivity index (χ1) is 16.3. The smallest absolute Gasteiger partial charge is 0.261 e. The average Bonchev–Trinajstić information content (AvgIpc) is 2.80. The number of carbonyl (C=O) groups excluding carboxylic acids is 2. The van der Waals surface area contributed by atoms with Gasteiger partial charge in [0.1, 0.15) is 5.75 Å². The third-order valence-electron chi connectivity index (χ3n) is 4.71. The van der Waals surface area contributed by atoms with E-state index in [1.165, 1.54) is 0 Å². The number of halogens is 1. The predicted molar refractivity (Wildman–Crippen MR) is 143 cm³/mol. The van der Waals surface area contributed by atoms with Crippen molar-refractivity contribution in [3.05, 3.63) is 94.0 Å². The summed E-state index contributed by atoms with van der Waals surface area (Å²) in [5.74, 6) is -0.117. The van der Waals surface area contributed by atoms with Gasteiger partial charge in [-0.3, -0.25) is 14.9 Å². The molecule has 3 aromatic rings.